The Bertz CT molecular complexity index is 529. The Hall–Kier alpha value is -2.38. The SMILES string of the molecule is CCCOc1nc(NC)nc(NCCCn2ccnc2)n1. The summed E-state index contributed by atoms with van der Waals surface area (Å²) in [5, 5.41) is 6.09. The number of rotatable bonds is 9. The molecule has 0 amide bonds. The Kier molecular flexibility index (Phi) is 5.74. The largest absolute Gasteiger partial charge is 0.463 e. The van der Waals surface area contributed by atoms with Crippen LogP contribution in [0.4, 0.5) is 11.9 Å². The van der Waals surface area contributed by atoms with Crippen LogP contribution in [0.25, 0.3) is 0 Å². The van der Waals surface area contributed by atoms with Gasteiger partial charge in [-0.1, -0.05) is 6.92 Å². The number of aryl methyl sites for hydroxylation is 1. The zero-order chi connectivity index (χ0) is 14.9. The highest BCUT2D eigenvalue weighted by Crippen LogP contribution is 2.11. The molecule has 0 unspecified atom stereocenters. The van der Waals surface area contributed by atoms with E-state index in [1.54, 1.807) is 19.6 Å². The first-order chi connectivity index (χ1) is 10.3. The van der Waals surface area contributed by atoms with E-state index >= 15 is 0 Å². The Morgan fingerprint density at radius 2 is 2.10 bits per heavy atom. The minimum Gasteiger partial charge on any atom is -0.463 e. The zero-order valence-electron chi connectivity index (χ0n) is 12.4. The highest BCUT2D eigenvalue weighted by molar-refractivity contribution is 5.35. The number of nitrogens with zero attached hydrogens (tertiary/aromatic N) is 5. The van der Waals surface area contributed by atoms with Crippen LogP contribution in [0, 0.1) is 0 Å². The lowest BCUT2D eigenvalue weighted by Gasteiger charge is -2.09. The van der Waals surface area contributed by atoms with Crippen molar-refractivity contribution in [2.45, 2.75) is 26.3 Å². The fourth-order valence-electron chi connectivity index (χ4n) is 1.69. The van der Waals surface area contributed by atoms with Crippen molar-refractivity contribution in [1.29, 1.82) is 0 Å². The first kappa shape index (κ1) is 15.0. The highest BCUT2D eigenvalue weighted by Gasteiger charge is 2.06. The minimum atomic E-state index is 0.341. The average Bonchev–Trinajstić information content (AvgIpc) is 3.02. The Balaban J connectivity index is 1.85. The van der Waals surface area contributed by atoms with E-state index in [2.05, 4.69) is 30.6 Å². The van der Waals surface area contributed by atoms with Gasteiger partial charge in [-0.25, -0.2) is 4.98 Å². The molecule has 0 aliphatic rings. The first-order valence-corrected chi connectivity index (χ1v) is 7.08. The smallest absolute Gasteiger partial charge is 0.323 e. The molecular weight excluding hydrogens is 270 g/mol. The topological polar surface area (TPSA) is 89.8 Å². The average molecular weight is 291 g/mol. The van der Waals surface area contributed by atoms with Gasteiger partial charge in [-0.3, -0.25) is 0 Å². The number of ether oxygens (including phenoxy) is 1. The number of nitrogens with one attached hydrogen (secondary N) is 2. The van der Waals surface area contributed by atoms with Crippen molar-refractivity contribution < 1.29 is 4.74 Å². The normalized spacial score (nSPS) is 10.4. The lowest BCUT2D eigenvalue weighted by atomic mass is 10.4. The van der Waals surface area contributed by atoms with Gasteiger partial charge >= 0.3 is 6.01 Å². The van der Waals surface area contributed by atoms with Crippen molar-refractivity contribution in [2.24, 2.45) is 0 Å². The van der Waals surface area contributed by atoms with Gasteiger partial charge in [-0.15, -0.1) is 0 Å². The maximum Gasteiger partial charge on any atom is 0.323 e. The number of imidazole rings is 1. The van der Waals surface area contributed by atoms with Gasteiger partial charge in [-0.05, 0) is 12.8 Å². The molecule has 0 atom stereocenters. The molecule has 0 bridgehead atoms. The van der Waals surface area contributed by atoms with Gasteiger partial charge in [-0.2, -0.15) is 15.0 Å². The molecule has 0 aliphatic carbocycles. The predicted molar refractivity (Wildman–Crippen MR) is 80.5 cm³/mol. The van der Waals surface area contributed by atoms with Crippen molar-refractivity contribution in [3.8, 4) is 6.01 Å². The van der Waals surface area contributed by atoms with Gasteiger partial charge in [0.1, 0.15) is 0 Å². The van der Waals surface area contributed by atoms with Crippen molar-refractivity contribution in [3.63, 3.8) is 0 Å². The van der Waals surface area contributed by atoms with Gasteiger partial charge in [0.2, 0.25) is 11.9 Å². The molecule has 0 radical (unpaired) electrons. The number of hydrogen-bond acceptors (Lipinski definition) is 7. The Labute approximate surface area is 124 Å². The number of aromatic nitrogens is 5. The van der Waals surface area contributed by atoms with E-state index in [1.807, 2.05) is 17.7 Å². The van der Waals surface area contributed by atoms with Crippen LogP contribution in [0.2, 0.25) is 0 Å². The molecule has 2 N–H and O–H groups in total. The summed E-state index contributed by atoms with van der Waals surface area (Å²) in [6, 6.07) is 0.341. The van der Waals surface area contributed by atoms with Gasteiger partial charge in [0.05, 0.1) is 12.9 Å². The molecule has 2 rings (SSSR count). The van der Waals surface area contributed by atoms with Crippen LogP contribution in [0.5, 0.6) is 6.01 Å². The molecule has 0 aliphatic heterocycles. The lowest BCUT2D eigenvalue weighted by molar-refractivity contribution is 0.292. The van der Waals surface area contributed by atoms with Crippen LogP contribution in [0.15, 0.2) is 18.7 Å². The van der Waals surface area contributed by atoms with Gasteiger partial charge < -0.3 is 19.9 Å². The first-order valence-electron chi connectivity index (χ1n) is 7.08. The highest BCUT2D eigenvalue weighted by atomic mass is 16.5. The summed E-state index contributed by atoms with van der Waals surface area (Å²) in [7, 11) is 1.77. The van der Waals surface area contributed by atoms with E-state index < -0.39 is 0 Å². The van der Waals surface area contributed by atoms with Crippen molar-refractivity contribution in [1.82, 2.24) is 24.5 Å². The molecular formula is C13H21N7O. The number of anilines is 2. The predicted octanol–water partition coefficient (Wildman–Crippen LogP) is 1.40. The van der Waals surface area contributed by atoms with Crippen LogP contribution in [0.1, 0.15) is 19.8 Å². The van der Waals surface area contributed by atoms with Crippen molar-refractivity contribution in [3.05, 3.63) is 18.7 Å². The van der Waals surface area contributed by atoms with Crippen LogP contribution in [0.3, 0.4) is 0 Å². The third-order valence-corrected chi connectivity index (χ3v) is 2.71. The molecule has 8 heteroatoms. The second kappa shape index (κ2) is 8.03. The molecule has 2 heterocycles. The second-order valence-electron chi connectivity index (χ2n) is 4.44. The summed E-state index contributed by atoms with van der Waals surface area (Å²) in [6.07, 6.45) is 7.38. The molecule has 0 fully saturated rings. The minimum absolute atomic E-state index is 0.341. The van der Waals surface area contributed by atoms with Gasteiger partial charge in [0, 0.05) is 32.5 Å². The quantitative estimate of drug-likeness (QED) is 0.675. The molecule has 0 saturated carbocycles. The van der Waals surface area contributed by atoms with E-state index in [4.69, 9.17) is 4.74 Å². The third-order valence-electron chi connectivity index (χ3n) is 2.71. The van der Waals surface area contributed by atoms with E-state index in [0.717, 1.165) is 25.9 Å². The van der Waals surface area contributed by atoms with E-state index in [0.29, 0.717) is 24.5 Å². The molecule has 21 heavy (non-hydrogen) atoms. The lowest BCUT2D eigenvalue weighted by Crippen LogP contribution is -2.11. The molecule has 0 saturated heterocycles. The summed E-state index contributed by atoms with van der Waals surface area (Å²) in [5.41, 5.74) is 0. The zero-order valence-corrected chi connectivity index (χ0v) is 12.4. The maximum absolute atomic E-state index is 5.45. The fraction of sp³-hybridized carbons (Fsp3) is 0.538. The standard InChI is InChI=1S/C13H21N7O/c1-3-9-21-13-18-11(14-2)17-12(19-13)16-5-4-7-20-8-6-15-10-20/h6,8,10H,3-5,7,9H2,1-2H3,(H2,14,16,17,18,19). The monoisotopic (exact) mass is 291 g/mol. The fourth-order valence-corrected chi connectivity index (χ4v) is 1.69. The maximum atomic E-state index is 5.45. The molecule has 0 aromatic carbocycles. The van der Waals surface area contributed by atoms with Crippen LogP contribution < -0.4 is 15.4 Å². The number of hydrogen-bond donors (Lipinski definition) is 2. The van der Waals surface area contributed by atoms with E-state index in [9.17, 15) is 0 Å². The summed E-state index contributed by atoms with van der Waals surface area (Å²) in [5.74, 6) is 1.01. The van der Waals surface area contributed by atoms with Crippen molar-refractivity contribution >= 4 is 11.9 Å². The molecule has 114 valence electrons. The molecule has 8 nitrogen and oxygen atoms in total. The summed E-state index contributed by atoms with van der Waals surface area (Å²) in [6.45, 7) is 4.29. The van der Waals surface area contributed by atoms with E-state index in [-0.39, 0.29) is 0 Å². The van der Waals surface area contributed by atoms with Gasteiger partial charge in [0.15, 0.2) is 0 Å². The molecule has 0 spiro atoms. The van der Waals surface area contributed by atoms with E-state index in [1.165, 1.54) is 0 Å². The molecule has 2 aromatic heterocycles. The third kappa shape index (κ3) is 4.90. The van der Waals surface area contributed by atoms with Crippen molar-refractivity contribution in [2.75, 3.05) is 30.8 Å². The molecule has 2 aromatic rings. The summed E-state index contributed by atoms with van der Waals surface area (Å²) < 4.78 is 7.48. The van der Waals surface area contributed by atoms with Crippen LogP contribution >= 0.6 is 0 Å². The summed E-state index contributed by atoms with van der Waals surface area (Å²) in [4.78, 5) is 16.6. The Morgan fingerprint density at radius 1 is 1.24 bits per heavy atom. The van der Waals surface area contributed by atoms with Gasteiger partial charge in [0.25, 0.3) is 0 Å². The van der Waals surface area contributed by atoms with Crippen LogP contribution in [-0.2, 0) is 6.54 Å². The van der Waals surface area contributed by atoms with Crippen LogP contribution in [-0.4, -0.2) is 44.7 Å². The second-order valence-corrected chi connectivity index (χ2v) is 4.44. The summed E-state index contributed by atoms with van der Waals surface area (Å²) >= 11 is 0. The Morgan fingerprint density at radius 3 is 2.81 bits per heavy atom.